The quantitative estimate of drug-likeness (QED) is 0.728. The first kappa shape index (κ1) is 8.14. The third-order valence-corrected chi connectivity index (χ3v) is 2.45. The summed E-state index contributed by atoms with van der Waals surface area (Å²) in [5, 5.41) is 3.88. The molecule has 3 heteroatoms. The Kier molecular flexibility index (Phi) is 2.38. The molecule has 0 radical (unpaired) electrons. The lowest BCUT2D eigenvalue weighted by atomic mass is 10.0. The molecule has 0 bridgehead atoms. The van der Waals surface area contributed by atoms with E-state index in [0.717, 1.165) is 18.7 Å². The fourth-order valence-corrected chi connectivity index (χ4v) is 1.76. The Balaban J connectivity index is 2.08. The Morgan fingerprint density at radius 1 is 1.42 bits per heavy atom. The SMILES string of the molecule is Clc1ccc(C2CCCCN2)o1. The van der Waals surface area contributed by atoms with Gasteiger partial charge in [-0.05, 0) is 43.1 Å². The molecule has 66 valence electrons. The Labute approximate surface area is 76.9 Å². The molecule has 2 rings (SSSR count). The van der Waals surface area contributed by atoms with E-state index < -0.39 is 0 Å². The van der Waals surface area contributed by atoms with Crippen LogP contribution in [0.3, 0.4) is 0 Å². The van der Waals surface area contributed by atoms with Crippen molar-refractivity contribution in [1.82, 2.24) is 5.32 Å². The van der Waals surface area contributed by atoms with Gasteiger partial charge < -0.3 is 9.73 Å². The second-order valence-electron chi connectivity index (χ2n) is 3.14. The largest absolute Gasteiger partial charge is 0.448 e. The molecule has 1 aliphatic heterocycles. The van der Waals surface area contributed by atoms with Gasteiger partial charge in [0.2, 0.25) is 0 Å². The van der Waals surface area contributed by atoms with Crippen molar-refractivity contribution in [1.29, 1.82) is 0 Å². The molecule has 0 saturated carbocycles. The number of nitrogens with one attached hydrogen (secondary N) is 1. The highest BCUT2D eigenvalue weighted by Crippen LogP contribution is 2.25. The van der Waals surface area contributed by atoms with E-state index in [1.54, 1.807) is 6.07 Å². The van der Waals surface area contributed by atoms with E-state index >= 15 is 0 Å². The first-order chi connectivity index (χ1) is 5.86. The fourth-order valence-electron chi connectivity index (χ4n) is 1.61. The predicted octanol–water partition coefficient (Wildman–Crippen LogP) is 2.75. The smallest absolute Gasteiger partial charge is 0.193 e. The number of hydrogen-bond acceptors (Lipinski definition) is 2. The van der Waals surface area contributed by atoms with E-state index in [-0.39, 0.29) is 0 Å². The van der Waals surface area contributed by atoms with Gasteiger partial charge in [-0.3, -0.25) is 0 Å². The van der Waals surface area contributed by atoms with Crippen molar-refractivity contribution < 1.29 is 4.42 Å². The topological polar surface area (TPSA) is 25.2 Å². The number of hydrogen-bond donors (Lipinski definition) is 1. The third kappa shape index (κ3) is 1.65. The molecule has 0 aliphatic carbocycles. The first-order valence-corrected chi connectivity index (χ1v) is 4.73. The lowest BCUT2D eigenvalue weighted by molar-refractivity contribution is 0.350. The average molecular weight is 186 g/mol. The summed E-state index contributed by atoms with van der Waals surface area (Å²) in [5.41, 5.74) is 0. The van der Waals surface area contributed by atoms with Crippen LogP contribution in [0.2, 0.25) is 5.22 Å². The van der Waals surface area contributed by atoms with E-state index in [9.17, 15) is 0 Å². The average Bonchev–Trinajstić information content (AvgIpc) is 2.54. The number of piperidine rings is 1. The highest BCUT2D eigenvalue weighted by atomic mass is 35.5. The van der Waals surface area contributed by atoms with E-state index in [1.807, 2.05) is 6.07 Å². The number of rotatable bonds is 1. The summed E-state index contributed by atoms with van der Waals surface area (Å²) in [5.74, 6) is 0.972. The van der Waals surface area contributed by atoms with Gasteiger partial charge in [0.05, 0.1) is 6.04 Å². The lowest BCUT2D eigenvalue weighted by Crippen LogP contribution is -2.26. The Bertz CT molecular complexity index is 253. The van der Waals surface area contributed by atoms with Crippen LogP contribution in [0, 0.1) is 0 Å². The van der Waals surface area contributed by atoms with E-state index in [1.165, 1.54) is 12.8 Å². The zero-order valence-electron chi connectivity index (χ0n) is 6.85. The van der Waals surface area contributed by atoms with Gasteiger partial charge in [0.15, 0.2) is 5.22 Å². The van der Waals surface area contributed by atoms with Gasteiger partial charge >= 0.3 is 0 Å². The van der Waals surface area contributed by atoms with Gasteiger partial charge in [-0.2, -0.15) is 0 Å². The maximum absolute atomic E-state index is 5.69. The molecule has 1 aliphatic rings. The summed E-state index contributed by atoms with van der Waals surface area (Å²) in [7, 11) is 0. The molecule has 0 amide bonds. The molecule has 1 aromatic rings. The highest BCUT2D eigenvalue weighted by Gasteiger charge is 2.17. The van der Waals surface area contributed by atoms with Gasteiger partial charge in [0.25, 0.3) is 0 Å². The zero-order chi connectivity index (χ0) is 8.39. The number of halogens is 1. The second-order valence-corrected chi connectivity index (χ2v) is 3.52. The Morgan fingerprint density at radius 2 is 2.33 bits per heavy atom. The molecule has 0 spiro atoms. The van der Waals surface area contributed by atoms with Crippen molar-refractivity contribution in [2.24, 2.45) is 0 Å². The fraction of sp³-hybridized carbons (Fsp3) is 0.556. The van der Waals surface area contributed by atoms with Gasteiger partial charge in [0.1, 0.15) is 5.76 Å². The zero-order valence-corrected chi connectivity index (χ0v) is 7.60. The molecule has 1 unspecified atom stereocenters. The molecule has 1 fully saturated rings. The Hall–Kier alpha value is -0.470. The van der Waals surface area contributed by atoms with Gasteiger partial charge in [-0.1, -0.05) is 6.42 Å². The van der Waals surface area contributed by atoms with Crippen molar-refractivity contribution in [3.63, 3.8) is 0 Å². The van der Waals surface area contributed by atoms with Crippen LogP contribution in [0.4, 0.5) is 0 Å². The van der Waals surface area contributed by atoms with Gasteiger partial charge in [-0.15, -0.1) is 0 Å². The molecule has 2 nitrogen and oxygen atoms in total. The van der Waals surface area contributed by atoms with Crippen LogP contribution in [0.5, 0.6) is 0 Å². The van der Waals surface area contributed by atoms with E-state index in [0.29, 0.717) is 11.3 Å². The van der Waals surface area contributed by atoms with Gasteiger partial charge in [-0.25, -0.2) is 0 Å². The summed E-state index contributed by atoms with van der Waals surface area (Å²) in [4.78, 5) is 0. The van der Waals surface area contributed by atoms with Crippen molar-refractivity contribution >= 4 is 11.6 Å². The standard InChI is InChI=1S/C9H12ClNO/c10-9-5-4-8(12-9)7-3-1-2-6-11-7/h4-5,7,11H,1-3,6H2. The van der Waals surface area contributed by atoms with Crippen LogP contribution in [-0.2, 0) is 0 Å². The summed E-state index contributed by atoms with van der Waals surface area (Å²) < 4.78 is 5.33. The highest BCUT2D eigenvalue weighted by molar-refractivity contribution is 6.28. The van der Waals surface area contributed by atoms with Crippen molar-refractivity contribution in [3.8, 4) is 0 Å². The summed E-state index contributed by atoms with van der Waals surface area (Å²) >= 11 is 5.69. The molecule has 2 heterocycles. The molecular formula is C9H12ClNO. The Morgan fingerprint density at radius 3 is 2.92 bits per heavy atom. The summed E-state index contributed by atoms with van der Waals surface area (Å²) in [6.45, 7) is 1.09. The minimum atomic E-state index is 0.381. The summed E-state index contributed by atoms with van der Waals surface area (Å²) in [6.07, 6.45) is 3.70. The van der Waals surface area contributed by atoms with Crippen LogP contribution >= 0.6 is 11.6 Å². The van der Waals surface area contributed by atoms with E-state index in [4.69, 9.17) is 16.0 Å². The minimum Gasteiger partial charge on any atom is -0.448 e. The van der Waals surface area contributed by atoms with Crippen molar-refractivity contribution in [2.45, 2.75) is 25.3 Å². The molecule has 1 aromatic heterocycles. The minimum absolute atomic E-state index is 0.381. The van der Waals surface area contributed by atoms with Crippen LogP contribution in [0.1, 0.15) is 31.1 Å². The predicted molar refractivity (Wildman–Crippen MR) is 48.3 cm³/mol. The molecule has 1 saturated heterocycles. The first-order valence-electron chi connectivity index (χ1n) is 4.35. The van der Waals surface area contributed by atoms with Crippen LogP contribution in [-0.4, -0.2) is 6.54 Å². The van der Waals surface area contributed by atoms with Crippen molar-refractivity contribution in [2.75, 3.05) is 6.54 Å². The second kappa shape index (κ2) is 3.50. The molecule has 0 aromatic carbocycles. The van der Waals surface area contributed by atoms with E-state index in [2.05, 4.69) is 5.32 Å². The molecule has 1 N–H and O–H groups in total. The number of furan rings is 1. The maximum atomic E-state index is 5.69. The maximum Gasteiger partial charge on any atom is 0.193 e. The molecular weight excluding hydrogens is 174 g/mol. The normalized spacial score (nSPS) is 24.2. The van der Waals surface area contributed by atoms with Crippen LogP contribution < -0.4 is 5.32 Å². The lowest BCUT2D eigenvalue weighted by Gasteiger charge is -2.21. The molecule has 12 heavy (non-hydrogen) atoms. The summed E-state index contributed by atoms with van der Waals surface area (Å²) in [6, 6.07) is 4.13. The monoisotopic (exact) mass is 185 g/mol. The third-order valence-electron chi connectivity index (χ3n) is 2.25. The van der Waals surface area contributed by atoms with Gasteiger partial charge in [0, 0.05) is 0 Å². The van der Waals surface area contributed by atoms with Crippen LogP contribution in [0.25, 0.3) is 0 Å². The van der Waals surface area contributed by atoms with Crippen molar-refractivity contribution in [3.05, 3.63) is 23.1 Å². The van der Waals surface area contributed by atoms with Crippen LogP contribution in [0.15, 0.2) is 16.5 Å². The molecule has 1 atom stereocenters.